The van der Waals surface area contributed by atoms with Crippen LogP contribution in [-0.4, -0.2) is 50.3 Å². The number of nitrogens with zero attached hydrogens (tertiary/aromatic N) is 1. The van der Waals surface area contributed by atoms with Crippen molar-refractivity contribution < 1.29 is 14.8 Å². The van der Waals surface area contributed by atoms with Crippen molar-refractivity contribution in [2.75, 3.05) is 33.3 Å². The molecule has 1 aromatic rings. The number of nitrogens with two attached hydrogens (primary N) is 1. The van der Waals surface area contributed by atoms with Gasteiger partial charge < -0.3 is 20.3 Å². The molecule has 2 amide bonds. The van der Waals surface area contributed by atoms with E-state index >= 15 is 0 Å². The Balaban J connectivity index is 1.59. The van der Waals surface area contributed by atoms with Crippen LogP contribution in [0.3, 0.4) is 0 Å². The van der Waals surface area contributed by atoms with E-state index in [4.69, 9.17) is 16.3 Å². The Labute approximate surface area is 148 Å². The summed E-state index contributed by atoms with van der Waals surface area (Å²) < 4.78 is 5.88. The summed E-state index contributed by atoms with van der Waals surface area (Å²) in [6.07, 6.45) is 3.73. The zero-order valence-corrected chi connectivity index (χ0v) is 15.0. The van der Waals surface area contributed by atoms with E-state index in [-0.39, 0.29) is 11.6 Å². The summed E-state index contributed by atoms with van der Waals surface area (Å²) in [6, 6.07) is 8.25. The van der Waals surface area contributed by atoms with Gasteiger partial charge in [0, 0.05) is 44.1 Å². The largest absolute Gasteiger partial charge is 0.373 e. The number of hydrogen-bond acceptors (Lipinski definition) is 2. The van der Waals surface area contributed by atoms with Crippen molar-refractivity contribution in [1.29, 1.82) is 0 Å². The summed E-state index contributed by atoms with van der Waals surface area (Å²) in [7, 11) is 1.75. The second-order valence-corrected chi connectivity index (χ2v) is 7.22. The maximum atomic E-state index is 12.5. The predicted octanol–water partition coefficient (Wildman–Crippen LogP) is 1.71. The third-order valence-corrected chi connectivity index (χ3v) is 5.64. The molecule has 3 rings (SSSR count). The zero-order valence-electron chi connectivity index (χ0n) is 14.3. The van der Waals surface area contributed by atoms with Crippen molar-refractivity contribution in [3.63, 3.8) is 0 Å². The van der Waals surface area contributed by atoms with Crippen LogP contribution in [0.5, 0.6) is 0 Å². The maximum absolute atomic E-state index is 12.5. The van der Waals surface area contributed by atoms with E-state index in [0.29, 0.717) is 19.1 Å². The number of carbonyl (C=O) groups excluding carboxylic acids is 1. The first-order valence-corrected chi connectivity index (χ1v) is 9.19. The highest BCUT2D eigenvalue weighted by Gasteiger charge is 2.37. The molecule has 0 unspecified atom stereocenters. The number of rotatable bonds is 3. The van der Waals surface area contributed by atoms with Gasteiger partial charge in [0.15, 0.2) is 0 Å². The van der Waals surface area contributed by atoms with Crippen molar-refractivity contribution in [1.82, 2.24) is 10.2 Å². The number of quaternary nitrogens is 1. The second-order valence-electron chi connectivity index (χ2n) is 6.78. The van der Waals surface area contributed by atoms with Gasteiger partial charge in [-0.25, -0.2) is 4.79 Å². The Hall–Kier alpha value is -1.30. The normalized spacial score (nSPS) is 21.5. The summed E-state index contributed by atoms with van der Waals surface area (Å²) in [4.78, 5) is 14.4. The lowest BCUT2D eigenvalue weighted by Gasteiger charge is -2.41. The maximum Gasteiger partial charge on any atom is 0.317 e. The number of halogens is 1. The average molecular weight is 353 g/mol. The molecule has 3 N–H and O–H groups in total. The van der Waals surface area contributed by atoms with Gasteiger partial charge in [0.05, 0.1) is 18.7 Å². The molecule has 5 nitrogen and oxygen atoms in total. The summed E-state index contributed by atoms with van der Waals surface area (Å²) in [5, 5.41) is 6.23. The minimum atomic E-state index is -0.318. The first-order valence-electron chi connectivity index (χ1n) is 8.81. The van der Waals surface area contributed by atoms with Gasteiger partial charge in [-0.2, -0.15) is 0 Å². The van der Waals surface area contributed by atoms with Gasteiger partial charge in [-0.1, -0.05) is 23.7 Å². The molecule has 0 spiro atoms. The molecular weight excluding hydrogens is 326 g/mol. The van der Waals surface area contributed by atoms with E-state index in [0.717, 1.165) is 49.4 Å². The van der Waals surface area contributed by atoms with Crippen molar-refractivity contribution in [3.05, 3.63) is 34.9 Å². The smallest absolute Gasteiger partial charge is 0.317 e. The van der Waals surface area contributed by atoms with Gasteiger partial charge in [0.1, 0.15) is 0 Å². The Kier molecular flexibility index (Phi) is 5.64. The molecule has 0 bridgehead atoms. The molecule has 0 radical (unpaired) electrons. The van der Waals surface area contributed by atoms with Crippen LogP contribution >= 0.6 is 11.6 Å². The minimum Gasteiger partial charge on any atom is -0.373 e. The van der Waals surface area contributed by atoms with Gasteiger partial charge in [0.25, 0.3) is 0 Å². The minimum absolute atomic E-state index is 0.0720. The van der Waals surface area contributed by atoms with E-state index in [1.54, 1.807) is 7.11 Å². The van der Waals surface area contributed by atoms with Crippen LogP contribution < -0.4 is 10.6 Å². The highest BCUT2D eigenvalue weighted by atomic mass is 35.5. The summed E-state index contributed by atoms with van der Waals surface area (Å²) in [5.41, 5.74) is 0.818. The van der Waals surface area contributed by atoms with Crippen molar-refractivity contribution in [2.24, 2.45) is 0 Å². The van der Waals surface area contributed by atoms with E-state index in [2.05, 4.69) is 10.6 Å². The molecular formula is C18H27ClN3O2+. The molecule has 6 heteroatoms. The van der Waals surface area contributed by atoms with Crippen LogP contribution in [0.2, 0.25) is 5.02 Å². The van der Waals surface area contributed by atoms with Gasteiger partial charge in [0.2, 0.25) is 0 Å². The number of benzene rings is 1. The highest BCUT2D eigenvalue weighted by molar-refractivity contribution is 6.30. The molecule has 2 aliphatic rings. The SMILES string of the molecule is COC1(c2ccc(Cl)cc2)CCN(C(=O)NC2CC[NH2+]CC2)CC1. The number of ether oxygens (including phenoxy) is 1. The van der Waals surface area contributed by atoms with E-state index < -0.39 is 0 Å². The molecule has 2 aliphatic heterocycles. The topological polar surface area (TPSA) is 58.2 Å². The highest BCUT2D eigenvalue weighted by Crippen LogP contribution is 2.36. The van der Waals surface area contributed by atoms with Gasteiger partial charge in [-0.3, -0.25) is 0 Å². The molecule has 0 aromatic heterocycles. The number of likely N-dealkylation sites (tertiary alicyclic amines) is 1. The van der Waals surface area contributed by atoms with Gasteiger partial charge >= 0.3 is 6.03 Å². The fourth-order valence-electron chi connectivity index (χ4n) is 3.77. The fourth-order valence-corrected chi connectivity index (χ4v) is 3.90. The van der Waals surface area contributed by atoms with Crippen LogP contribution in [0.1, 0.15) is 31.2 Å². The number of methoxy groups -OCH3 is 1. The molecule has 132 valence electrons. The van der Waals surface area contributed by atoms with Crippen molar-refractivity contribution in [3.8, 4) is 0 Å². The Bertz CT molecular complexity index is 550. The Morgan fingerprint density at radius 2 is 1.88 bits per heavy atom. The molecule has 24 heavy (non-hydrogen) atoms. The van der Waals surface area contributed by atoms with E-state index in [9.17, 15) is 4.79 Å². The Morgan fingerprint density at radius 3 is 2.46 bits per heavy atom. The van der Waals surface area contributed by atoms with Crippen molar-refractivity contribution in [2.45, 2.75) is 37.3 Å². The number of urea groups is 1. The standard InChI is InChI=1S/C18H26ClN3O2/c1-24-18(14-2-4-15(19)5-3-14)8-12-22(13-9-18)17(23)21-16-6-10-20-11-7-16/h2-5,16,20H,6-13H2,1H3,(H,21,23)/p+1. The Morgan fingerprint density at radius 1 is 1.25 bits per heavy atom. The van der Waals surface area contributed by atoms with Crippen molar-refractivity contribution >= 4 is 17.6 Å². The number of hydrogen-bond donors (Lipinski definition) is 2. The molecule has 2 heterocycles. The van der Waals surface area contributed by atoms with E-state index in [1.165, 1.54) is 0 Å². The number of carbonyl (C=O) groups is 1. The monoisotopic (exact) mass is 352 g/mol. The quantitative estimate of drug-likeness (QED) is 0.870. The van der Waals surface area contributed by atoms with Crippen LogP contribution in [0.25, 0.3) is 0 Å². The average Bonchev–Trinajstić information content (AvgIpc) is 2.63. The van der Waals surface area contributed by atoms with Crippen LogP contribution in [-0.2, 0) is 10.3 Å². The lowest BCUT2D eigenvalue weighted by molar-refractivity contribution is -0.663. The van der Waals surface area contributed by atoms with Crippen LogP contribution in [0, 0.1) is 0 Å². The summed E-state index contributed by atoms with van der Waals surface area (Å²) >= 11 is 5.99. The lowest BCUT2D eigenvalue weighted by Crippen LogP contribution is -2.87. The third-order valence-electron chi connectivity index (χ3n) is 5.39. The number of nitrogens with one attached hydrogen (secondary N) is 1. The number of amides is 2. The van der Waals surface area contributed by atoms with Gasteiger partial charge in [-0.05, 0) is 30.5 Å². The first-order chi connectivity index (χ1) is 11.6. The van der Waals surface area contributed by atoms with Crippen LogP contribution in [0.4, 0.5) is 4.79 Å². The predicted molar refractivity (Wildman–Crippen MR) is 94.2 cm³/mol. The molecule has 2 fully saturated rings. The molecule has 0 atom stereocenters. The molecule has 1 aromatic carbocycles. The molecule has 0 saturated carbocycles. The molecule has 0 aliphatic carbocycles. The lowest BCUT2D eigenvalue weighted by atomic mass is 9.84. The summed E-state index contributed by atoms with van der Waals surface area (Å²) in [6.45, 7) is 3.63. The van der Waals surface area contributed by atoms with Crippen LogP contribution in [0.15, 0.2) is 24.3 Å². The van der Waals surface area contributed by atoms with Gasteiger partial charge in [-0.15, -0.1) is 0 Å². The zero-order chi connectivity index (χ0) is 17.0. The number of piperidine rings is 2. The summed E-state index contributed by atoms with van der Waals surface area (Å²) in [5.74, 6) is 0. The third kappa shape index (κ3) is 3.85. The molecule has 2 saturated heterocycles. The fraction of sp³-hybridized carbons (Fsp3) is 0.611. The second kappa shape index (κ2) is 7.72. The van der Waals surface area contributed by atoms with E-state index in [1.807, 2.05) is 29.2 Å². The first kappa shape index (κ1) is 17.5.